The van der Waals surface area contributed by atoms with Crippen molar-refractivity contribution in [1.29, 1.82) is 0 Å². The number of hydrogen-bond acceptors (Lipinski definition) is 4. The predicted octanol–water partition coefficient (Wildman–Crippen LogP) is 1.04. The molecular weight excluding hydrogens is 300 g/mol. The molecule has 0 radical (unpaired) electrons. The highest BCUT2D eigenvalue weighted by molar-refractivity contribution is 9.10. The van der Waals surface area contributed by atoms with Crippen molar-refractivity contribution in [2.24, 2.45) is 0 Å². The number of aliphatic hydroxyl groups is 1. The second kappa shape index (κ2) is 6.29. The van der Waals surface area contributed by atoms with Gasteiger partial charge < -0.3 is 15.2 Å². The van der Waals surface area contributed by atoms with Crippen molar-refractivity contribution in [2.45, 2.75) is 6.04 Å². The molecule has 3 N–H and O–H groups in total. The zero-order chi connectivity index (χ0) is 13.0. The molecule has 1 heterocycles. The standard InChI is InChI=1S/C12H15BrN2O3/c13-8-1-2-9-10(7-8)15-12(17)11(9)14-3-5-18-6-4-16/h1-2,7,11,14,16H,3-6H2,(H,15,17). The molecule has 1 aliphatic rings. The third kappa shape index (κ3) is 3.08. The molecule has 0 bridgehead atoms. The minimum atomic E-state index is -0.328. The van der Waals surface area contributed by atoms with Crippen molar-refractivity contribution in [3.63, 3.8) is 0 Å². The van der Waals surface area contributed by atoms with Crippen molar-refractivity contribution >= 4 is 27.5 Å². The van der Waals surface area contributed by atoms with Gasteiger partial charge in [-0.25, -0.2) is 0 Å². The van der Waals surface area contributed by atoms with Crippen LogP contribution in [0.1, 0.15) is 11.6 Å². The molecule has 1 amide bonds. The van der Waals surface area contributed by atoms with E-state index < -0.39 is 0 Å². The molecule has 1 aliphatic heterocycles. The highest BCUT2D eigenvalue weighted by Gasteiger charge is 2.29. The van der Waals surface area contributed by atoms with Gasteiger partial charge in [0.2, 0.25) is 5.91 Å². The van der Waals surface area contributed by atoms with Gasteiger partial charge in [-0.3, -0.25) is 10.1 Å². The SMILES string of the molecule is O=C1Nc2cc(Br)ccc2C1NCCOCCO. The second-order valence-electron chi connectivity index (χ2n) is 3.94. The van der Waals surface area contributed by atoms with E-state index in [9.17, 15) is 4.79 Å². The van der Waals surface area contributed by atoms with Gasteiger partial charge in [0.05, 0.1) is 19.8 Å². The van der Waals surface area contributed by atoms with Crippen molar-refractivity contribution in [1.82, 2.24) is 5.32 Å². The summed E-state index contributed by atoms with van der Waals surface area (Å²) in [5.74, 6) is -0.0507. The maximum Gasteiger partial charge on any atom is 0.246 e. The molecule has 2 rings (SSSR count). The molecule has 1 unspecified atom stereocenters. The van der Waals surface area contributed by atoms with E-state index in [4.69, 9.17) is 9.84 Å². The third-order valence-corrected chi connectivity index (χ3v) is 3.17. The van der Waals surface area contributed by atoms with Gasteiger partial charge in [-0.1, -0.05) is 22.0 Å². The molecule has 0 saturated carbocycles. The first kappa shape index (κ1) is 13.5. The lowest BCUT2D eigenvalue weighted by Gasteiger charge is -2.11. The van der Waals surface area contributed by atoms with Gasteiger partial charge in [0.1, 0.15) is 6.04 Å². The molecule has 18 heavy (non-hydrogen) atoms. The van der Waals surface area contributed by atoms with Crippen LogP contribution in [0.3, 0.4) is 0 Å². The van der Waals surface area contributed by atoms with Gasteiger partial charge in [-0.05, 0) is 12.1 Å². The van der Waals surface area contributed by atoms with Gasteiger partial charge >= 0.3 is 0 Å². The van der Waals surface area contributed by atoms with E-state index in [1.54, 1.807) is 0 Å². The van der Waals surface area contributed by atoms with Crippen molar-refractivity contribution in [3.8, 4) is 0 Å². The summed E-state index contributed by atoms with van der Waals surface area (Å²) in [4.78, 5) is 11.8. The van der Waals surface area contributed by atoms with E-state index in [0.29, 0.717) is 19.8 Å². The topological polar surface area (TPSA) is 70.6 Å². The summed E-state index contributed by atoms with van der Waals surface area (Å²) in [5, 5.41) is 14.5. The number of anilines is 1. The monoisotopic (exact) mass is 314 g/mol. The average Bonchev–Trinajstić information content (AvgIpc) is 2.64. The van der Waals surface area contributed by atoms with Gasteiger partial charge in [0.15, 0.2) is 0 Å². The fourth-order valence-corrected chi connectivity index (χ4v) is 2.24. The quantitative estimate of drug-likeness (QED) is 0.686. The minimum Gasteiger partial charge on any atom is -0.394 e. The highest BCUT2D eigenvalue weighted by atomic mass is 79.9. The molecule has 0 aromatic heterocycles. The van der Waals surface area contributed by atoms with Crippen molar-refractivity contribution in [2.75, 3.05) is 31.7 Å². The summed E-state index contributed by atoms with van der Waals surface area (Å²) < 4.78 is 6.07. The minimum absolute atomic E-state index is 0.0147. The van der Waals surface area contributed by atoms with Crippen LogP contribution in [0.2, 0.25) is 0 Å². The Hall–Kier alpha value is -0.950. The Morgan fingerprint density at radius 2 is 2.28 bits per heavy atom. The molecule has 0 fully saturated rings. The van der Waals surface area contributed by atoms with E-state index >= 15 is 0 Å². The fourth-order valence-electron chi connectivity index (χ4n) is 1.88. The zero-order valence-electron chi connectivity index (χ0n) is 9.78. The van der Waals surface area contributed by atoms with Crippen LogP contribution in [-0.2, 0) is 9.53 Å². The Morgan fingerprint density at radius 1 is 1.44 bits per heavy atom. The Labute approximate surface area is 114 Å². The Bertz CT molecular complexity index is 439. The summed E-state index contributed by atoms with van der Waals surface area (Å²) >= 11 is 3.37. The van der Waals surface area contributed by atoms with Crippen LogP contribution in [0, 0.1) is 0 Å². The van der Waals surface area contributed by atoms with E-state index in [1.165, 1.54) is 0 Å². The van der Waals surface area contributed by atoms with Crippen LogP contribution < -0.4 is 10.6 Å². The first-order valence-electron chi connectivity index (χ1n) is 5.74. The van der Waals surface area contributed by atoms with E-state index in [1.807, 2.05) is 18.2 Å². The van der Waals surface area contributed by atoms with Gasteiger partial charge in [-0.2, -0.15) is 0 Å². The van der Waals surface area contributed by atoms with Gasteiger partial charge in [0.25, 0.3) is 0 Å². The molecule has 98 valence electrons. The average molecular weight is 315 g/mol. The Balaban J connectivity index is 1.92. The first-order chi connectivity index (χ1) is 8.72. The number of aliphatic hydroxyl groups excluding tert-OH is 1. The normalized spacial score (nSPS) is 17.7. The molecule has 0 saturated heterocycles. The van der Waals surface area contributed by atoms with E-state index in [-0.39, 0.29) is 18.6 Å². The summed E-state index contributed by atoms with van der Waals surface area (Å²) in [5.41, 5.74) is 1.79. The lowest BCUT2D eigenvalue weighted by atomic mass is 10.1. The summed E-state index contributed by atoms with van der Waals surface area (Å²) in [6.07, 6.45) is 0. The van der Waals surface area contributed by atoms with Crippen LogP contribution >= 0.6 is 15.9 Å². The largest absolute Gasteiger partial charge is 0.394 e. The van der Waals surface area contributed by atoms with Crippen LogP contribution in [0.15, 0.2) is 22.7 Å². The number of halogens is 1. The summed E-state index contributed by atoms with van der Waals surface area (Å²) in [6.45, 7) is 1.37. The van der Waals surface area contributed by atoms with Gasteiger partial charge in [-0.15, -0.1) is 0 Å². The summed E-state index contributed by atoms with van der Waals surface area (Å²) in [6, 6.07) is 5.39. The number of nitrogens with one attached hydrogen (secondary N) is 2. The lowest BCUT2D eigenvalue weighted by molar-refractivity contribution is -0.117. The first-order valence-corrected chi connectivity index (χ1v) is 6.54. The number of rotatable bonds is 6. The maximum atomic E-state index is 11.8. The predicted molar refractivity (Wildman–Crippen MR) is 71.4 cm³/mol. The third-order valence-electron chi connectivity index (χ3n) is 2.68. The molecular formula is C12H15BrN2O3. The highest BCUT2D eigenvalue weighted by Crippen LogP contribution is 2.32. The van der Waals surface area contributed by atoms with Crippen LogP contribution in [0.5, 0.6) is 0 Å². The smallest absolute Gasteiger partial charge is 0.246 e. The molecule has 0 spiro atoms. The number of carbonyl (C=O) groups is 1. The Kier molecular flexibility index (Phi) is 4.71. The number of amides is 1. The van der Waals surface area contributed by atoms with Crippen LogP contribution in [0.25, 0.3) is 0 Å². The molecule has 5 nitrogen and oxygen atoms in total. The molecule has 1 atom stereocenters. The molecule has 1 aromatic carbocycles. The number of ether oxygens (including phenoxy) is 1. The summed E-state index contributed by atoms with van der Waals surface area (Å²) in [7, 11) is 0. The van der Waals surface area contributed by atoms with E-state index in [2.05, 4.69) is 26.6 Å². The number of fused-ring (bicyclic) bond motifs is 1. The number of carbonyl (C=O) groups excluding carboxylic acids is 1. The number of benzene rings is 1. The Morgan fingerprint density at radius 3 is 3.06 bits per heavy atom. The zero-order valence-corrected chi connectivity index (χ0v) is 11.4. The van der Waals surface area contributed by atoms with Crippen molar-refractivity contribution in [3.05, 3.63) is 28.2 Å². The maximum absolute atomic E-state index is 11.8. The lowest BCUT2D eigenvalue weighted by Crippen LogP contribution is -2.30. The van der Waals surface area contributed by atoms with E-state index in [0.717, 1.165) is 15.7 Å². The van der Waals surface area contributed by atoms with Crippen LogP contribution in [0.4, 0.5) is 5.69 Å². The fraction of sp³-hybridized carbons (Fsp3) is 0.417. The van der Waals surface area contributed by atoms with Crippen LogP contribution in [-0.4, -0.2) is 37.4 Å². The molecule has 6 heteroatoms. The molecule has 1 aromatic rings. The molecule has 0 aliphatic carbocycles. The number of hydrogen-bond donors (Lipinski definition) is 3. The second-order valence-corrected chi connectivity index (χ2v) is 4.86. The van der Waals surface area contributed by atoms with Gasteiger partial charge in [0, 0.05) is 22.3 Å². The van der Waals surface area contributed by atoms with Crippen molar-refractivity contribution < 1.29 is 14.6 Å².